The van der Waals surface area contributed by atoms with E-state index in [2.05, 4.69) is 21.0 Å². The molecule has 0 radical (unpaired) electrons. The summed E-state index contributed by atoms with van der Waals surface area (Å²) in [6, 6.07) is 10.5. The number of aryl methyl sites for hydroxylation is 1. The highest BCUT2D eigenvalue weighted by atomic mass is 19.1. The van der Waals surface area contributed by atoms with Crippen molar-refractivity contribution >= 4 is 5.82 Å². The zero-order valence-electron chi connectivity index (χ0n) is 15.5. The second kappa shape index (κ2) is 6.60. The normalized spacial score (nSPS) is 20.6. The summed E-state index contributed by atoms with van der Waals surface area (Å²) in [5.41, 5.74) is 9.66. The van der Waals surface area contributed by atoms with Crippen molar-refractivity contribution in [2.75, 3.05) is 18.8 Å². The van der Waals surface area contributed by atoms with Crippen molar-refractivity contribution in [3.8, 4) is 17.0 Å². The van der Waals surface area contributed by atoms with Crippen LogP contribution in [0.5, 0.6) is 5.75 Å². The molecule has 3 N–H and O–H groups in total. The van der Waals surface area contributed by atoms with Gasteiger partial charge in [-0.05, 0) is 37.6 Å². The molecule has 2 aromatic heterocycles. The van der Waals surface area contributed by atoms with E-state index >= 15 is 0 Å². The number of pyridine rings is 1. The van der Waals surface area contributed by atoms with Crippen LogP contribution in [-0.2, 0) is 18.6 Å². The first-order valence-corrected chi connectivity index (χ1v) is 9.56. The number of halogens is 1. The van der Waals surface area contributed by atoms with Gasteiger partial charge in [0.25, 0.3) is 0 Å². The van der Waals surface area contributed by atoms with Gasteiger partial charge in [0, 0.05) is 41.5 Å². The SMILES string of the molecule is Nc1ncc(-c2cc3n(n2)CC[C@@]32CCNC2)cc1OCc1ccccc1F. The summed E-state index contributed by atoms with van der Waals surface area (Å²) in [5.74, 6) is 0.417. The third kappa shape index (κ3) is 2.82. The summed E-state index contributed by atoms with van der Waals surface area (Å²) in [5, 5.41) is 8.25. The van der Waals surface area contributed by atoms with Crippen molar-refractivity contribution in [3.05, 3.63) is 59.7 Å². The maximum Gasteiger partial charge on any atom is 0.166 e. The molecular weight excluding hydrogens is 357 g/mol. The number of anilines is 1. The average molecular weight is 379 g/mol. The van der Waals surface area contributed by atoms with Crippen LogP contribution in [-0.4, -0.2) is 27.9 Å². The Morgan fingerprint density at radius 3 is 2.96 bits per heavy atom. The fraction of sp³-hybridized carbons (Fsp3) is 0.333. The molecule has 1 atom stereocenters. The summed E-state index contributed by atoms with van der Waals surface area (Å²) in [6.07, 6.45) is 4.00. The van der Waals surface area contributed by atoms with Crippen molar-refractivity contribution in [2.45, 2.75) is 31.4 Å². The highest BCUT2D eigenvalue weighted by molar-refractivity contribution is 5.64. The maximum absolute atomic E-state index is 13.8. The molecule has 6 nitrogen and oxygen atoms in total. The molecule has 1 saturated heterocycles. The maximum atomic E-state index is 13.8. The van der Waals surface area contributed by atoms with Crippen molar-refractivity contribution < 1.29 is 9.13 Å². The van der Waals surface area contributed by atoms with Crippen LogP contribution in [0.25, 0.3) is 11.3 Å². The van der Waals surface area contributed by atoms with Crippen molar-refractivity contribution in [1.29, 1.82) is 0 Å². The van der Waals surface area contributed by atoms with Crippen LogP contribution in [0.15, 0.2) is 42.6 Å². The number of hydrogen-bond donors (Lipinski definition) is 2. The second-order valence-corrected chi connectivity index (χ2v) is 7.58. The number of hydrogen-bond acceptors (Lipinski definition) is 5. The Balaban J connectivity index is 1.41. The number of rotatable bonds is 4. The van der Waals surface area contributed by atoms with E-state index in [1.165, 1.54) is 11.8 Å². The average Bonchev–Trinajstić information content (AvgIpc) is 3.41. The van der Waals surface area contributed by atoms with E-state index in [4.69, 9.17) is 15.6 Å². The first-order valence-electron chi connectivity index (χ1n) is 9.56. The third-order valence-electron chi connectivity index (χ3n) is 5.89. The van der Waals surface area contributed by atoms with Gasteiger partial charge in [0.05, 0.1) is 5.69 Å². The third-order valence-corrected chi connectivity index (χ3v) is 5.89. The van der Waals surface area contributed by atoms with Gasteiger partial charge in [-0.15, -0.1) is 0 Å². The number of nitrogen functional groups attached to an aromatic ring is 1. The van der Waals surface area contributed by atoms with E-state index in [0.717, 1.165) is 43.7 Å². The zero-order valence-corrected chi connectivity index (χ0v) is 15.5. The highest BCUT2D eigenvalue weighted by Gasteiger charge is 2.42. The molecule has 0 saturated carbocycles. The highest BCUT2D eigenvalue weighted by Crippen LogP contribution is 2.41. The molecule has 5 rings (SSSR count). The predicted molar refractivity (Wildman–Crippen MR) is 104 cm³/mol. The van der Waals surface area contributed by atoms with E-state index < -0.39 is 0 Å². The minimum Gasteiger partial charge on any atom is -0.485 e. The fourth-order valence-corrected chi connectivity index (χ4v) is 4.26. The van der Waals surface area contributed by atoms with Crippen molar-refractivity contribution in [3.63, 3.8) is 0 Å². The molecule has 144 valence electrons. The van der Waals surface area contributed by atoms with E-state index in [1.54, 1.807) is 24.4 Å². The van der Waals surface area contributed by atoms with Crippen LogP contribution >= 0.6 is 0 Å². The summed E-state index contributed by atoms with van der Waals surface area (Å²) in [4.78, 5) is 4.26. The molecule has 2 aliphatic rings. The van der Waals surface area contributed by atoms with Crippen LogP contribution in [0.1, 0.15) is 24.1 Å². The number of nitrogens with zero attached hydrogens (tertiary/aromatic N) is 3. The molecule has 1 aromatic carbocycles. The molecule has 0 aliphatic carbocycles. The number of aromatic nitrogens is 3. The second-order valence-electron chi connectivity index (χ2n) is 7.58. The van der Waals surface area contributed by atoms with Gasteiger partial charge in [0.2, 0.25) is 0 Å². The van der Waals surface area contributed by atoms with Crippen LogP contribution < -0.4 is 15.8 Å². The summed E-state index contributed by atoms with van der Waals surface area (Å²) in [7, 11) is 0. The summed E-state index contributed by atoms with van der Waals surface area (Å²) < 4.78 is 21.7. The largest absolute Gasteiger partial charge is 0.485 e. The van der Waals surface area contributed by atoms with Gasteiger partial charge in [-0.3, -0.25) is 4.68 Å². The molecule has 0 bridgehead atoms. The van der Waals surface area contributed by atoms with Crippen LogP contribution in [0.3, 0.4) is 0 Å². The molecule has 2 aliphatic heterocycles. The Morgan fingerprint density at radius 1 is 1.25 bits per heavy atom. The van der Waals surface area contributed by atoms with Gasteiger partial charge in [-0.25, -0.2) is 9.37 Å². The molecule has 1 fully saturated rings. The van der Waals surface area contributed by atoms with Gasteiger partial charge in [0.15, 0.2) is 11.6 Å². The van der Waals surface area contributed by atoms with Crippen LogP contribution in [0.4, 0.5) is 10.2 Å². The topological polar surface area (TPSA) is 78.0 Å². The molecule has 0 unspecified atom stereocenters. The molecule has 1 spiro atoms. The molecule has 3 aromatic rings. The van der Waals surface area contributed by atoms with Crippen LogP contribution in [0, 0.1) is 5.82 Å². The Labute approximate surface area is 162 Å². The number of benzene rings is 1. The Morgan fingerprint density at radius 2 is 2.14 bits per heavy atom. The predicted octanol–water partition coefficient (Wildman–Crippen LogP) is 2.88. The number of nitrogens with two attached hydrogens (primary N) is 1. The molecular formula is C21H22FN5O. The van der Waals surface area contributed by atoms with Gasteiger partial charge < -0.3 is 15.8 Å². The monoisotopic (exact) mass is 379 g/mol. The first kappa shape index (κ1) is 17.2. The first-order chi connectivity index (χ1) is 13.6. The molecule has 4 heterocycles. The lowest BCUT2D eigenvalue weighted by Crippen LogP contribution is -2.25. The lowest BCUT2D eigenvalue weighted by atomic mass is 9.82. The Bertz CT molecular complexity index is 1030. The summed E-state index contributed by atoms with van der Waals surface area (Å²) in [6.45, 7) is 3.10. The molecule has 28 heavy (non-hydrogen) atoms. The van der Waals surface area contributed by atoms with Gasteiger partial charge >= 0.3 is 0 Å². The minimum absolute atomic E-state index is 0.0937. The van der Waals surface area contributed by atoms with E-state index in [-0.39, 0.29) is 23.7 Å². The Kier molecular flexibility index (Phi) is 4.05. The quantitative estimate of drug-likeness (QED) is 0.729. The van der Waals surface area contributed by atoms with E-state index in [9.17, 15) is 4.39 Å². The van der Waals surface area contributed by atoms with Crippen molar-refractivity contribution in [1.82, 2.24) is 20.1 Å². The van der Waals surface area contributed by atoms with Crippen LogP contribution in [0.2, 0.25) is 0 Å². The standard InChI is InChI=1S/C21H22FN5O/c22-16-4-2-1-3-14(16)12-28-18-9-15(11-25-20(18)23)17-10-19-21(5-7-24-13-21)6-8-27(19)26-17/h1-4,9-11,24H,5-8,12-13H2,(H2,23,25)/t21-/m1/s1. The lowest BCUT2D eigenvalue weighted by Gasteiger charge is -2.20. The zero-order chi connectivity index (χ0) is 19.1. The number of ether oxygens (including phenoxy) is 1. The Hall–Kier alpha value is -2.93. The lowest BCUT2D eigenvalue weighted by molar-refractivity contribution is 0.300. The summed E-state index contributed by atoms with van der Waals surface area (Å²) >= 11 is 0. The van der Waals surface area contributed by atoms with Gasteiger partial charge in [-0.1, -0.05) is 18.2 Å². The number of nitrogens with one attached hydrogen (secondary N) is 1. The smallest absolute Gasteiger partial charge is 0.166 e. The molecule has 7 heteroatoms. The number of fused-ring (bicyclic) bond motifs is 2. The molecule has 0 amide bonds. The van der Waals surface area contributed by atoms with Gasteiger partial charge in [-0.2, -0.15) is 5.10 Å². The minimum atomic E-state index is -0.300. The van der Waals surface area contributed by atoms with Gasteiger partial charge in [0.1, 0.15) is 12.4 Å². The van der Waals surface area contributed by atoms with E-state index in [0.29, 0.717) is 11.3 Å². The van der Waals surface area contributed by atoms with Crippen molar-refractivity contribution in [2.24, 2.45) is 0 Å². The fourth-order valence-electron chi connectivity index (χ4n) is 4.26. The van der Waals surface area contributed by atoms with E-state index in [1.807, 2.05) is 6.07 Å².